The molecule has 0 aliphatic carbocycles. The van der Waals surface area contributed by atoms with Crippen molar-refractivity contribution in [2.75, 3.05) is 0 Å². The van der Waals surface area contributed by atoms with E-state index < -0.39 is 18.1 Å². The van der Waals surface area contributed by atoms with Crippen LogP contribution in [0.4, 0.5) is 13.2 Å². The van der Waals surface area contributed by atoms with Crippen LogP contribution < -0.4 is 0 Å². The maximum Gasteiger partial charge on any atom is 0.314 e. The van der Waals surface area contributed by atoms with Crippen molar-refractivity contribution in [1.29, 1.82) is 0 Å². The predicted octanol–water partition coefficient (Wildman–Crippen LogP) is 3.12. The van der Waals surface area contributed by atoms with Crippen LogP contribution in [0.5, 0.6) is 0 Å². The minimum atomic E-state index is -2.82. The van der Waals surface area contributed by atoms with Crippen molar-refractivity contribution in [3.8, 4) is 11.5 Å². The largest absolute Gasteiger partial charge is 0.415 e. The van der Waals surface area contributed by atoms with Crippen molar-refractivity contribution in [1.82, 2.24) is 10.2 Å². The van der Waals surface area contributed by atoms with Gasteiger partial charge in [0.15, 0.2) is 0 Å². The van der Waals surface area contributed by atoms with Gasteiger partial charge in [-0.2, -0.15) is 8.78 Å². The van der Waals surface area contributed by atoms with Gasteiger partial charge in [0.1, 0.15) is 5.82 Å². The second-order valence-electron chi connectivity index (χ2n) is 3.21. The summed E-state index contributed by atoms with van der Waals surface area (Å²) in [6.45, 7) is 1.59. The normalized spacial score (nSPS) is 11.1. The van der Waals surface area contributed by atoms with E-state index >= 15 is 0 Å². The second kappa shape index (κ2) is 3.96. The Balaban J connectivity index is 2.39. The van der Waals surface area contributed by atoms with Crippen molar-refractivity contribution in [2.45, 2.75) is 13.3 Å². The third-order valence-electron chi connectivity index (χ3n) is 2.05. The molecular weight excluding hydrogens is 221 g/mol. The highest BCUT2D eigenvalue weighted by molar-refractivity contribution is 5.53. The Bertz CT molecular complexity index is 511. The molecule has 0 atom stereocenters. The monoisotopic (exact) mass is 228 g/mol. The second-order valence-corrected chi connectivity index (χ2v) is 3.21. The van der Waals surface area contributed by atoms with E-state index in [4.69, 9.17) is 0 Å². The van der Waals surface area contributed by atoms with Crippen LogP contribution >= 0.6 is 0 Å². The summed E-state index contributed by atoms with van der Waals surface area (Å²) >= 11 is 0. The average Bonchev–Trinajstić information content (AvgIpc) is 2.71. The number of benzene rings is 1. The van der Waals surface area contributed by atoms with Gasteiger partial charge in [0.05, 0.1) is 0 Å². The number of aromatic nitrogens is 2. The molecule has 0 radical (unpaired) electrons. The predicted molar refractivity (Wildman–Crippen MR) is 49.4 cm³/mol. The highest BCUT2D eigenvalue weighted by atomic mass is 19.3. The van der Waals surface area contributed by atoms with E-state index in [0.29, 0.717) is 5.56 Å². The number of halogens is 3. The molecule has 0 spiro atoms. The molecular formula is C10H7F3N2O. The van der Waals surface area contributed by atoms with Crippen LogP contribution in [0.3, 0.4) is 0 Å². The van der Waals surface area contributed by atoms with Crippen molar-refractivity contribution >= 4 is 0 Å². The van der Waals surface area contributed by atoms with Gasteiger partial charge < -0.3 is 4.42 Å². The van der Waals surface area contributed by atoms with Gasteiger partial charge >= 0.3 is 6.43 Å². The minimum absolute atomic E-state index is 0.116. The summed E-state index contributed by atoms with van der Waals surface area (Å²) in [6, 6.07) is 4.20. The van der Waals surface area contributed by atoms with Crippen molar-refractivity contribution in [3.05, 3.63) is 35.5 Å². The molecule has 0 fully saturated rings. The molecule has 0 N–H and O–H groups in total. The van der Waals surface area contributed by atoms with Crippen LogP contribution in [-0.4, -0.2) is 10.2 Å². The Morgan fingerprint density at radius 2 is 2.00 bits per heavy atom. The number of nitrogens with zero attached hydrogens (tertiary/aromatic N) is 2. The fourth-order valence-corrected chi connectivity index (χ4v) is 1.17. The van der Waals surface area contributed by atoms with Gasteiger partial charge in [0.25, 0.3) is 5.89 Å². The van der Waals surface area contributed by atoms with Gasteiger partial charge in [-0.3, -0.25) is 0 Å². The maximum atomic E-state index is 13.2. The lowest BCUT2D eigenvalue weighted by atomic mass is 10.1. The van der Waals surface area contributed by atoms with Crippen LogP contribution in [0.1, 0.15) is 17.9 Å². The highest BCUT2D eigenvalue weighted by Gasteiger charge is 2.17. The first kappa shape index (κ1) is 10.7. The fraction of sp³-hybridized carbons (Fsp3) is 0.200. The number of alkyl halides is 2. The lowest BCUT2D eigenvalue weighted by Crippen LogP contribution is -1.84. The summed E-state index contributed by atoms with van der Waals surface area (Å²) in [5.41, 5.74) is 0.736. The lowest BCUT2D eigenvalue weighted by Gasteiger charge is -1.98. The Kier molecular flexibility index (Phi) is 2.64. The first-order valence-corrected chi connectivity index (χ1v) is 4.46. The summed E-state index contributed by atoms with van der Waals surface area (Å²) < 4.78 is 42.2. The molecule has 0 aliphatic heterocycles. The topological polar surface area (TPSA) is 38.9 Å². The lowest BCUT2D eigenvalue weighted by molar-refractivity contribution is 0.116. The van der Waals surface area contributed by atoms with Gasteiger partial charge in [-0.15, -0.1) is 10.2 Å². The molecule has 0 saturated carbocycles. The van der Waals surface area contributed by atoms with Crippen molar-refractivity contribution < 1.29 is 17.6 Å². The molecule has 0 saturated heterocycles. The van der Waals surface area contributed by atoms with Gasteiger partial charge in [0, 0.05) is 5.56 Å². The molecule has 0 unspecified atom stereocenters. The molecule has 0 aliphatic rings. The summed E-state index contributed by atoms with van der Waals surface area (Å²) in [5, 5.41) is 6.57. The third-order valence-corrected chi connectivity index (χ3v) is 2.05. The first-order valence-electron chi connectivity index (χ1n) is 4.46. The third kappa shape index (κ3) is 1.91. The molecule has 1 aromatic carbocycles. The Morgan fingerprint density at radius 3 is 2.56 bits per heavy atom. The van der Waals surface area contributed by atoms with Gasteiger partial charge in [-0.1, -0.05) is 6.07 Å². The molecule has 2 rings (SSSR count). The maximum absolute atomic E-state index is 13.2. The zero-order valence-corrected chi connectivity index (χ0v) is 8.25. The quantitative estimate of drug-likeness (QED) is 0.792. The number of hydrogen-bond donors (Lipinski definition) is 0. The standard InChI is InChI=1S/C10H7F3N2O/c1-5-2-3-6(4-7(5)11)9-14-15-10(16-9)8(12)13/h2-4,8H,1H3. The fourth-order valence-electron chi connectivity index (χ4n) is 1.17. The average molecular weight is 228 g/mol. The molecule has 2 aromatic rings. The zero-order valence-electron chi connectivity index (χ0n) is 8.25. The Labute approximate surface area is 88.9 Å². The van der Waals surface area contributed by atoms with E-state index in [9.17, 15) is 13.2 Å². The molecule has 1 aromatic heterocycles. The summed E-state index contributed by atoms with van der Waals surface area (Å²) in [6.07, 6.45) is -2.82. The van der Waals surface area contributed by atoms with Crippen LogP contribution in [0.2, 0.25) is 0 Å². The van der Waals surface area contributed by atoms with E-state index in [-0.39, 0.29) is 11.5 Å². The zero-order chi connectivity index (χ0) is 11.7. The van der Waals surface area contributed by atoms with E-state index in [0.717, 1.165) is 6.07 Å². The van der Waals surface area contributed by atoms with Gasteiger partial charge in [0.2, 0.25) is 5.89 Å². The number of rotatable bonds is 2. The summed E-state index contributed by atoms with van der Waals surface area (Å²) in [5.74, 6) is -1.33. The van der Waals surface area contributed by atoms with Gasteiger partial charge in [-0.05, 0) is 24.6 Å². The molecule has 3 nitrogen and oxygen atoms in total. The van der Waals surface area contributed by atoms with Crippen LogP contribution in [-0.2, 0) is 0 Å². The highest BCUT2D eigenvalue weighted by Crippen LogP contribution is 2.24. The van der Waals surface area contributed by atoms with E-state index in [1.165, 1.54) is 12.1 Å². The molecule has 6 heteroatoms. The van der Waals surface area contributed by atoms with Gasteiger partial charge in [-0.25, -0.2) is 4.39 Å². The minimum Gasteiger partial charge on any atom is -0.415 e. The Hall–Kier alpha value is -1.85. The number of aryl methyl sites for hydroxylation is 1. The summed E-state index contributed by atoms with van der Waals surface area (Å²) in [4.78, 5) is 0. The molecule has 1 heterocycles. The van der Waals surface area contributed by atoms with Crippen molar-refractivity contribution in [2.24, 2.45) is 0 Å². The smallest absolute Gasteiger partial charge is 0.314 e. The van der Waals surface area contributed by atoms with Crippen LogP contribution in [0.25, 0.3) is 11.5 Å². The number of hydrogen-bond acceptors (Lipinski definition) is 3. The molecule has 0 amide bonds. The molecule has 16 heavy (non-hydrogen) atoms. The van der Waals surface area contributed by atoms with Crippen LogP contribution in [0.15, 0.2) is 22.6 Å². The summed E-state index contributed by atoms with van der Waals surface area (Å²) in [7, 11) is 0. The van der Waals surface area contributed by atoms with Crippen molar-refractivity contribution in [3.63, 3.8) is 0 Å². The van der Waals surface area contributed by atoms with Crippen LogP contribution in [0, 0.1) is 12.7 Å². The Morgan fingerprint density at radius 1 is 1.25 bits per heavy atom. The first-order chi connectivity index (χ1) is 7.58. The SMILES string of the molecule is Cc1ccc(-c2nnc(C(F)F)o2)cc1F. The van der Waals surface area contributed by atoms with E-state index in [1.807, 2.05) is 0 Å². The molecule has 84 valence electrons. The van der Waals surface area contributed by atoms with E-state index in [2.05, 4.69) is 14.6 Å². The molecule has 0 bridgehead atoms. The van der Waals surface area contributed by atoms with E-state index in [1.54, 1.807) is 6.92 Å².